The Morgan fingerprint density at radius 3 is 2.06 bits per heavy atom. The minimum Gasteiger partial charge on any atom is -0.338 e. The summed E-state index contributed by atoms with van der Waals surface area (Å²) in [6.07, 6.45) is 3.98. The molecule has 0 aliphatic carbocycles. The van der Waals surface area contributed by atoms with Crippen LogP contribution in [0, 0.1) is 0 Å². The molecule has 2 amide bonds. The van der Waals surface area contributed by atoms with Gasteiger partial charge in [-0.2, -0.15) is 5.10 Å². The van der Waals surface area contributed by atoms with Crippen LogP contribution in [0.1, 0.15) is 29.0 Å². The zero-order chi connectivity index (χ0) is 21.3. The smallest absolute Gasteiger partial charge is 0.315 e. The summed E-state index contributed by atoms with van der Waals surface area (Å²) in [5.41, 5.74) is 4.45. The molecule has 0 radical (unpaired) electrons. The van der Waals surface area contributed by atoms with Crippen molar-refractivity contribution in [2.45, 2.75) is 18.9 Å². The highest BCUT2D eigenvalue weighted by Gasteiger charge is 2.14. The molecule has 6 nitrogen and oxygen atoms in total. The Hall–Kier alpha value is -3.93. The van der Waals surface area contributed by atoms with E-state index < -0.39 is 0 Å². The highest BCUT2D eigenvalue weighted by Crippen LogP contribution is 2.27. The minimum atomic E-state index is -0.166. The Bertz CT molecular complexity index is 1020. The van der Waals surface area contributed by atoms with Crippen molar-refractivity contribution < 1.29 is 4.79 Å². The summed E-state index contributed by atoms with van der Waals surface area (Å²) in [6, 6.07) is 28.5. The van der Waals surface area contributed by atoms with Gasteiger partial charge in [-0.3, -0.25) is 0 Å². The van der Waals surface area contributed by atoms with Crippen LogP contribution in [0.2, 0.25) is 0 Å². The fourth-order valence-corrected chi connectivity index (χ4v) is 3.58. The molecule has 1 heterocycles. The zero-order valence-corrected chi connectivity index (χ0v) is 17.2. The van der Waals surface area contributed by atoms with Crippen LogP contribution in [0.5, 0.6) is 0 Å². The van der Waals surface area contributed by atoms with Crippen molar-refractivity contribution in [3.05, 3.63) is 114 Å². The van der Waals surface area contributed by atoms with Gasteiger partial charge in [0, 0.05) is 19.0 Å². The molecule has 156 valence electrons. The van der Waals surface area contributed by atoms with Crippen LogP contribution in [-0.2, 0) is 6.54 Å². The lowest BCUT2D eigenvalue weighted by Gasteiger charge is -2.18. The van der Waals surface area contributed by atoms with E-state index in [-0.39, 0.29) is 11.9 Å². The molecule has 0 spiro atoms. The van der Waals surface area contributed by atoms with Gasteiger partial charge >= 0.3 is 6.03 Å². The summed E-state index contributed by atoms with van der Waals surface area (Å²) in [4.78, 5) is 16.2. The van der Waals surface area contributed by atoms with Crippen LogP contribution < -0.4 is 10.6 Å². The maximum Gasteiger partial charge on any atom is 0.315 e. The van der Waals surface area contributed by atoms with E-state index in [0.717, 1.165) is 17.7 Å². The van der Waals surface area contributed by atoms with Crippen molar-refractivity contribution in [3.63, 3.8) is 0 Å². The molecule has 4 aromatic rings. The molecule has 1 aromatic heterocycles. The molecule has 2 N–H and O–H groups in total. The molecule has 0 saturated heterocycles. The van der Waals surface area contributed by atoms with Crippen LogP contribution in [0.15, 0.2) is 97.6 Å². The summed E-state index contributed by atoms with van der Waals surface area (Å²) >= 11 is 0. The Morgan fingerprint density at radius 2 is 1.48 bits per heavy atom. The molecular formula is C25H25N5O. The van der Waals surface area contributed by atoms with Crippen LogP contribution >= 0.6 is 0 Å². The lowest BCUT2D eigenvalue weighted by atomic mass is 9.88. The third-order valence-corrected chi connectivity index (χ3v) is 5.20. The van der Waals surface area contributed by atoms with E-state index in [2.05, 4.69) is 69.2 Å². The lowest BCUT2D eigenvalue weighted by Crippen LogP contribution is -2.36. The van der Waals surface area contributed by atoms with Gasteiger partial charge in [-0.25, -0.2) is 14.5 Å². The van der Waals surface area contributed by atoms with Gasteiger partial charge in [0.15, 0.2) is 0 Å². The van der Waals surface area contributed by atoms with Crippen LogP contribution in [0.3, 0.4) is 0 Å². The molecule has 0 bridgehead atoms. The van der Waals surface area contributed by atoms with Crippen molar-refractivity contribution in [1.82, 2.24) is 25.4 Å². The third-order valence-electron chi connectivity index (χ3n) is 5.20. The van der Waals surface area contributed by atoms with E-state index in [0.29, 0.717) is 13.1 Å². The van der Waals surface area contributed by atoms with Gasteiger partial charge < -0.3 is 10.6 Å². The Labute approximate surface area is 182 Å². The lowest BCUT2D eigenvalue weighted by molar-refractivity contribution is 0.240. The van der Waals surface area contributed by atoms with E-state index in [1.807, 2.05) is 36.4 Å². The predicted octanol–water partition coefficient (Wildman–Crippen LogP) is 4.29. The molecule has 0 unspecified atom stereocenters. The number of hydrogen-bond donors (Lipinski definition) is 2. The monoisotopic (exact) mass is 411 g/mol. The largest absolute Gasteiger partial charge is 0.338 e. The van der Waals surface area contributed by atoms with E-state index in [1.54, 1.807) is 11.0 Å². The van der Waals surface area contributed by atoms with Crippen LogP contribution in [-0.4, -0.2) is 27.3 Å². The summed E-state index contributed by atoms with van der Waals surface area (Å²) in [5.74, 6) is 0.243. The van der Waals surface area contributed by atoms with Crippen molar-refractivity contribution in [2.75, 3.05) is 6.54 Å². The first-order chi connectivity index (χ1) is 15.3. The number of nitrogens with zero attached hydrogens (tertiary/aromatic N) is 3. The highest BCUT2D eigenvalue weighted by atomic mass is 16.2. The number of rotatable bonds is 8. The van der Waals surface area contributed by atoms with Crippen LogP contribution in [0.4, 0.5) is 4.79 Å². The average molecular weight is 412 g/mol. The maximum absolute atomic E-state index is 12.3. The molecule has 3 aromatic carbocycles. The average Bonchev–Trinajstić information content (AvgIpc) is 3.37. The molecule has 4 rings (SSSR count). The van der Waals surface area contributed by atoms with E-state index >= 15 is 0 Å². The van der Waals surface area contributed by atoms with Gasteiger partial charge in [-0.1, -0.05) is 72.8 Å². The van der Waals surface area contributed by atoms with Gasteiger partial charge in [-0.05, 0) is 35.2 Å². The first-order valence-electron chi connectivity index (χ1n) is 10.3. The summed E-state index contributed by atoms with van der Waals surface area (Å²) in [7, 11) is 0. The van der Waals surface area contributed by atoms with Crippen LogP contribution in [0.25, 0.3) is 5.69 Å². The van der Waals surface area contributed by atoms with Gasteiger partial charge in [0.1, 0.15) is 12.7 Å². The number of carbonyl (C=O) groups excluding carboxylic acids is 1. The number of carbonyl (C=O) groups is 1. The quantitative estimate of drug-likeness (QED) is 0.454. The fraction of sp³-hybridized carbons (Fsp3) is 0.160. The Morgan fingerprint density at radius 1 is 0.839 bits per heavy atom. The number of amides is 2. The third kappa shape index (κ3) is 5.57. The van der Waals surface area contributed by atoms with Crippen molar-refractivity contribution >= 4 is 6.03 Å². The van der Waals surface area contributed by atoms with Gasteiger partial charge in [-0.15, -0.1) is 0 Å². The number of nitrogens with one attached hydrogen (secondary N) is 2. The predicted molar refractivity (Wildman–Crippen MR) is 121 cm³/mol. The number of aromatic nitrogens is 3. The van der Waals surface area contributed by atoms with E-state index in [4.69, 9.17) is 0 Å². The second kappa shape index (κ2) is 10.2. The maximum atomic E-state index is 12.3. The zero-order valence-electron chi connectivity index (χ0n) is 17.2. The Balaban J connectivity index is 1.28. The molecule has 0 aliphatic rings. The first kappa shape index (κ1) is 20.3. The van der Waals surface area contributed by atoms with Crippen molar-refractivity contribution in [2.24, 2.45) is 0 Å². The summed E-state index contributed by atoms with van der Waals surface area (Å²) in [5, 5.41) is 10.0. The molecule has 0 atom stereocenters. The van der Waals surface area contributed by atoms with E-state index in [1.165, 1.54) is 17.5 Å². The van der Waals surface area contributed by atoms with Gasteiger partial charge in [0.2, 0.25) is 0 Å². The van der Waals surface area contributed by atoms with Gasteiger partial charge in [0.05, 0.1) is 5.69 Å². The first-order valence-corrected chi connectivity index (χ1v) is 10.3. The molecular weight excluding hydrogens is 386 g/mol. The summed E-state index contributed by atoms with van der Waals surface area (Å²) in [6.45, 7) is 1.05. The standard InChI is InChI=1S/C25H25N5O/c31-25(28-17-20-11-13-23(14-12-20)30-19-26-18-29-30)27-16-15-24(21-7-3-1-4-8-21)22-9-5-2-6-10-22/h1-14,18-19,24H,15-17H2,(H2,27,28,31). The highest BCUT2D eigenvalue weighted by molar-refractivity contribution is 5.73. The second-order valence-corrected chi connectivity index (χ2v) is 7.28. The summed E-state index contributed by atoms with van der Waals surface area (Å²) < 4.78 is 1.69. The normalized spacial score (nSPS) is 10.7. The minimum absolute atomic E-state index is 0.166. The molecule has 6 heteroatoms. The fourth-order valence-electron chi connectivity index (χ4n) is 3.58. The number of urea groups is 1. The van der Waals surface area contributed by atoms with E-state index in [9.17, 15) is 4.79 Å². The van der Waals surface area contributed by atoms with Crippen molar-refractivity contribution in [1.29, 1.82) is 0 Å². The number of hydrogen-bond acceptors (Lipinski definition) is 3. The van der Waals surface area contributed by atoms with Crippen molar-refractivity contribution in [3.8, 4) is 5.69 Å². The molecule has 0 fully saturated rings. The van der Waals surface area contributed by atoms with Gasteiger partial charge in [0.25, 0.3) is 0 Å². The molecule has 0 aliphatic heterocycles. The number of benzene rings is 3. The molecule has 0 saturated carbocycles. The Kier molecular flexibility index (Phi) is 6.70. The molecule has 31 heavy (non-hydrogen) atoms. The SMILES string of the molecule is O=C(NCCC(c1ccccc1)c1ccccc1)NCc1ccc(-n2cncn2)cc1. The second-order valence-electron chi connectivity index (χ2n) is 7.28. The topological polar surface area (TPSA) is 71.8 Å².